The smallest absolute Gasteiger partial charge is 0.242 e. The number of nitrogens with zero attached hydrogens (tertiary/aromatic N) is 1. The molecule has 0 radical (unpaired) electrons. The first-order valence-corrected chi connectivity index (χ1v) is 12.8. The van der Waals surface area contributed by atoms with Gasteiger partial charge in [-0.25, -0.2) is 0 Å². The molecule has 2 amide bonds. The number of hydrogen-bond acceptors (Lipinski definition) is 3. The molecule has 0 aliphatic rings. The van der Waals surface area contributed by atoms with E-state index >= 15 is 0 Å². The number of carbonyl (C=O) groups is 2. The maximum atomic E-state index is 13.1. The van der Waals surface area contributed by atoms with E-state index in [0.717, 1.165) is 11.1 Å². The van der Waals surface area contributed by atoms with Gasteiger partial charge in [0.25, 0.3) is 0 Å². The Kier molecular flexibility index (Phi) is 11.0. The average molecular weight is 536 g/mol. The SMILES string of the molecule is CC(C)CNC(=O)[C@H](C)N(Cc1ccc(Cl)c(Cl)c1)C(=O)CSCc1ccc(Cl)cc1Cl. The van der Waals surface area contributed by atoms with Gasteiger partial charge in [0.05, 0.1) is 15.8 Å². The third kappa shape index (κ3) is 8.35. The molecule has 0 heterocycles. The van der Waals surface area contributed by atoms with E-state index in [-0.39, 0.29) is 24.1 Å². The maximum Gasteiger partial charge on any atom is 0.242 e. The van der Waals surface area contributed by atoms with Gasteiger partial charge in [-0.05, 0) is 48.2 Å². The molecule has 2 aromatic carbocycles. The number of nitrogens with one attached hydrogen (secondary N) is 1. The summed E-state index contributed by atoms with van der Waals surface area (Å²) in [5, 5.41) is 4.87. The second kappa shape index (κ2) is 13.0. The van der Waals surface area contributed by atoms with Crippen LogP contribution in [0, 0.1) is 5.92 Å². The minimum atomic E-state index is -0.643. The zero-order chi connectivity index (χ0) is 23.8. The van der Waals surface area contributed by atoms with Gasteiger partial charge in [-0.2, -0.15) is 0 Å². The molecule has 32 heavy (non-hydrogen) atoms. The van der Waals surface area contributed by atoms with E-state index in [0.29, 0.717) is 38.3 Å². The Morgan fingerprint density at radius 1 is 0.969 bits per heavy atom. The van der Waals surface area contributed by atoms with Crippen LogP contribution < -0.4 is 5.32 Å². The lowest BCUT2D eigenvalue weighted by molar-refractivity contribution is -0.138. The highest BCUT2D eigenvalue weighted by molar-refractivity contribution is 7.99. The van der Waals surface area contributed by atoms with Gasteiger partial charge in [0, 0.05) is 28.9 Å². The first-order valence-electron chi connectivity index (χ1n) is 10.1. The third-order valence-corrected chi connectivity index (χ3v) is 6.98. The summed E-state index contributed by atoms with van der Waals surface area (Å²) >= 11 is 25.8. The molecule has 0 saturated heterocycles. The zero-order valence-electron chi connectivity index (χ0n) is 18.1. The summed E-state index contributed by atoms with van der Waals surface area (Å²) in [5.74, 6) is 0.708. The lowest BCUT2D eigenvalue weighted by Gasteiger charge is -2.29. The molecule has 0 fully saturated rings. The van der Waals surface area contributed by atoms with Crippen LogP contribution in [0.3, 0.4) is 0 Å². The van der Waals surface area contributed by atoms with Crippen LogP contribution in [-0.4, -0.2) is 35.1 Å². The minimum absolute atomic E-state index is 0.154. The quantitative estimate of drug-likeness (QED) is 0.367. The summed E-state index contributed by atoms with van der Waals surface area (Å²) in [4.78, 5) is 27.4. The number of thioether (sulfide) groups is 1. The molecule has 0 spiro atoms. The molecule has 0 aliphatic heterocycles. The van der Waals surface area contributed by atoms with Crippen LogP contribution in [0.25, 0.3) is 0 Å². The van der Waals surface area contributed by atoms with Crippen LogP contribution in [-0.2, 0) is 21.9 Å². The Bertz CT molecular complexity index is 956. The van der Waals surface area contributed by atoms with Crippen molar-refractivity contribution in [2.24, 2.45) is 5.92 Å². The number of halogens is 4. The van der Waals surface area contributed by atoms with Crippen molar-refractivity contribution in [3.63, 3.8) is 0 Å². The van der Waals surface area contributed by atoms with Crippen molar-refractivity contribution in [2.75, 3.05) is 12.3 Å². The Morgan fingerprint density at radius 2 is 1.69 bits per heavy atom. The van der Waals surface area contributed by atoms with Crippen molar-refractivity contribution in [1.29, 1.82) is 0 Å². The molecule has 174 valence electrons. The second-order valence-electron chi connectivity index (χ2n) is 7.81. The van der Waals surface area contributed by atoms with E-state index < -0.39 is 6.04 Å². The van der Waals surface area contributed by atoms with E-state index in [1.807, 2.05) is 19.9 Å². The molecular formula is C23H26Cl4N2O2S. The number of rotatable bonds is 10. The summed E-state index contributed by atoms with van der Waals surface area (Å²) in [5.41, 5.74) is 1.69. The summed E-state index contributed by atoms with van der Waals surface area (Å²) < 4.78 is 0. The second-order valence-corrected chi connectivity index (χ2v) is 10.5. The van der Waals surface area contributed by atoms with Gasteiger partial charge in [-0.3, -0.25) is 9.59 Å². The van der Waals surface area contributed by atoms with Gasteiger partial charge in [0.1, 0.15) is 6.04 Å². The standard InChI is InChI=1S/C23H26Cl4N2O2S/c1-14(2)10-28-23(31)15(3)29(11-16-4-7-19(25)21(27)8-16)22(30)13-32-12-17-5-6-18(24)9-20(17)26/h4-9,14-15H,10-13H2,1-3H3,(H,28,31)/t15-/m0/s1. The Morgan fingerprint density at radius 3 is 2.31 bits per heavy atom. The molecular weight excluding hydrogens is 510 g/mol. The minimum Gasteiger partial charge on any atom is -0.354 e. The van der Waals surface area contributed by atoms with E-state index in [9.17, 15) is 9.59 Å². The van der Waals surface area contributed by atoms with Gasteiger partial charge >= 0.3 is 0 Å². The lowest BCUT2D eigenvalue weighted by atomic mass is 10.1. The van der Waals surface area contributed by atoms with Crippen molar-refractivity contribution < 1.29 is 9.59 Å². The summed E-state index contributed by atoms with van der Waals surface area (Å²) in [6, 6.07) is 9.84. The fraction of sp³-hybridized carbons (Fsp3) is 0.391. The normalized spacial score (nSPS) is 12.0. The maximum absolute atomic E-state index is 13.1. The first kappa shape index (κ1) is 27.1. The summed E-state index contributed by atoms with van der Waals surface area (Å²) in [6.45, 7) is 6.55. The van der Waals surface area contributed by atoms with Crippen molar-refractivity contribution >= 4 is 70.0 Å². The fourth-order valence-corrected chi connectivity index (χ4v) is 4.63. The van der Waals surface area contributed by atoms with Crippen molar-refractivity contribution in [3.05, 3.63) is 67.6 Å². The third-order valence-electron chi connectivity index (χ3n) is 4.69. The van der Waals surface area contributed by atoms with Crippen LogP contribution in [0.1, 0.15) is 31.9 Å². The largest absolute Gasteiger partial charge is 0.354 e. The average Bonchev–Trinajstić information content (AvgIpc) is 2.73. The Hall–Kier alpha value is -1.11. The van der Waals surface area contributed by atoms with Crippen LogP contribution in [0.2, 0.25) is 20.1 Å². The Balaban J connectivity index is 2.11. The molecule has 9 heteroatoms. The molecule has 0 aromatic heterocycles. The molecule has 0 unspecified atom stereocenters. The first-order chi connectivity index (χ1) is 15.1. The monoisotopic (exact) mass is 534 g/mol. The van der Waals surface area contributed by atoms with Crippen LogP contribution >= 0.6 is 58.2 Å². The van der Waals surface area contributed by atoms with Gasteiger partial charge in [0.2, 0.25) is 11.8 Å². The lowest BCUT2D eigenvalue weighted by Crippen LogP contribution is -2.48. The highest BCUT2D eigenvalue weighted by Gasteiger charge is 2.26. The molecule has 0 aliphatic carbocycles. The highest BCUT2D eigenvalue weighted by atomic mass is 35.5. The number of hydrogen-bond donors (Lipinski definition) is 1. The van der Waals surface area contributed by atoms with Crippen LogP contribution in [0.4, 0.5) is 0 Å². The molecule has 2 aromatic rings. The van der Waals surface area contributed by atoms with E-state index in [2.05, 4.69) is 5.32 Å². The molecule has 1 atom stereocenters. The van der Waals surface area contributed by atoms with Crippen LogP contribution in [0.15, 0.2) is 36.4 Å². The number of carbonyl (C=O) groups excluding carboxylic acids is 2. The molecule has 4 nitrogen and oxygen atoms in total. The molecule has 1 N–H and O–H groups in total. The predicted molar refractivity (Wildman–Crippen MR) is 137 cm³/mol. The predicted octanol–water partition coefficient (Wildman–Crippen LogP) is 6.72. The topological polar surface area (TPSA) is 49.4 Å². The van der Waals surface area contributed by atoms with E-state index in [1.54, 1.807) is 42.2 Å². The number of amides is 2. The van der Waals surface area contributed by atoms with E-state index in [4.69, 9.17) is 46.4 Å². The van der Waals surface area contributed by atoms with Crippen molar-refractivity contribution in [1.82, 2.24) is 10.2 Å². The molecule has 0 saturated carbocycles. The van der Waals surface area contributed by atoms with Crippen LogP contribution in [0.5, 0.6) is 0 Å². The summed E-state index contributed by atoms with van der Waals surface area (Å²) in [7, 11) is 0. The van der Waals surface area contributed by atoms with Gasteiger partial charge < -0.3 is 10.2 Å². The molecule has 2 rings (SSSR count). The van der Waals surface area contributed by atoms with Gasteiger partial charge in [0.15, 0.2) is 0 Å². The van der Waals surface area contributed by atoms with Crippen molar-refractivity contribution in [3.8, 4) is 0 Å². The number of benzene rings is 2. The van der Waals surface area contributed by atoms with Gasteiger partial charge in [-0.15, -0.1) is 11.8 Å². The fourth-order valence-electron chi connectivity index (χ4n) is 2.84. The zero-order valence-corrected chi connectivity index (χ0v) is 22.0. The summed E-state index contributed by atoms with van der Waals surface area (Å²) in [6.07, 6.45) is 0. The molecule has 0 bridgehead atoms. The van der Waals surface area contributed by atoms with E-state index in [1.165, 1.54) is 11.8 Å². The highest BCUT2D eigenvalue weighted by Crippen LogP contribution is 2.26. The van der Waals surface area contributed by atoms with Gasteiger partial charge in [-0.1, -0.05) is 72.4 Å². The Labute approximate surface area is 213 Å². The van der Waals surface area contributed by atoms with Crippen molar-refractivity contribution in [2.45, 2.75) is 39.1 Å².